The van der Waals surface area contributed by atoms with Crippen LogP contribution in [0, 0.1) is 6.92 Å². The smallest absolute Gasteiger partial charge is 0.306 e. The maximum Gasteiger partial charge on any atom is 0.306 e. The van der Waals surface area contributed by atoms with Crippen LogP contribution in [0.3, 0.4) is 0 Å². The van der Waals surface area contributed by atoms with Gasteiger partial charge < -0.3 is 4.52 Å². The highest BCUT2D eigenvalue weighted by Gasteiger charge is 2.13. The van der Waals surface area contributed by atoms with Crippen LogP contribution in [-0.2, 0) is 16.0 Å². The SMILES string of the molecule is Cc1nocc1CS(=O)(=O)F. The van der Waals surface area contributed by atoms with Gasteiger partial charge in [0.15, 0.2) is 0 Å². The first-order valence-corrected chi connectivity index (χ1v) is 4.36. The van der Waals surface area contributed by atoms with Gasteiger partial charge in [0.05, 0.1) is 5.69 Å². The Hall–Kier alpha value is -0.910. The van der Waals surface area contributed by atoms with Crippen molar-refractivity contribution >= 4 is 10.2 Å². The summed E-state index contributed by atoms with van der Waals surface area (Å²) in [5, 5.41) is 3.39. The maximum absolute atomic E-state index is 12.0. The van der Waals surface area contributed by atoms with Crippen LogP contribution in [-0.4, -0.2) is 13.6 Å². The first-order chi connectivity index (χ1) is 4.99. The number of rotatable bonds is 2. The molecule has 0 saturated heterocycles. The first-order valence-electron chi connectivity index (χ1n) is 2.81. The average Bonchev–Trinajstić information content (AvgIpc) is 2.12. The van der Waals surface area contributed by atoms with E-state index in [2.05, 4.69) is 9.68 Å². The van der Waals surface area contributed by atoms with E-state index in [1.807, 2.05) is 0 Å². The van der Waals surface area contributed by atoms with Crippen LogP contribution in [0.4, 0.5) is 3.89 Å². The van der Waals surface area contributed by atoms with Crippen molar-refractivity contribution < 1.29 is 16.8 Å². The van der Waals surface area contributed by atoms with Gasteiger partial charge in [-0.15, -0.1) is 3.89 Å². The van der Waals surface area contributed by atoms with E-state index in [-0.39, 0.29) is 5.56 Å². The summed E-state index contributed by atoms with van der Waals surface area (Å²) in [6.45, 7) is 1.55. The zero-order chi connectivity index (χ0) is 8.48. The van der Waals surface area contributed by atoms with Gasteiger partial charge in [-0.1, -0.05) is 5.16 Å². The van der Waals surface area contributed by atoms with E-state index >= 15 is 0 Å². The molecule has 0 radical (unpaired) electrons. The van der Waals surface area contributed by atoms with Crippen molar-refractivity contribution in [2.24, 2.45) is 0 Å². The van der Waals surface area contributed by atoms with E-state index in [4.69, 9.17) is 0 Å². The molecule has 0 atom stereocenters. The predicted octanol–water partition coefficient (Wildman–Crippen LogP) is 0.782. The Morgan fingerprint density at radius 3 is 2.73 bits per heavy atom. The Bertz CT molecular complexity index is 342. The molecule has 0 N–H and O–H groups in total. The highest BCUT2D eigenvalue weighted by atomic mass is 32.3. The highest BCUT2D eigenvalue weighted by Crippen LogP contribution is 2.10. The summed E-state index contributed by atoms with van der Waals surface area (Å²) >= 11 is 0. The van der Waals surface area contributed by atoms with Crippen molar-refractivity contribution in [1.29, 1.82) is 0 Å². The quantitative estimate of drug-likeness (QED) is 0.629. The lowest BCUT2D eigenvalue weighted by Gasteiger charge is -1.89. The molecule has 6 heteroatoms. The van der Waals surface area contributed by atoms with Crippen molar-refractivity contribution in [3.63, 3.8) is 0 Å². The number of aromatic nitrogens is 1. The minimum atomic E-state index is -4.47. The molecular weight excluding hydrogens is 173 g/mol. The zero-order valence-electron chi connectivity index (χ0n) is 5.74. The van der Waals surface area contributed by atoms with Crippen molar-refractivity contribution in [2.75, 3.05) is 0 Å². The first kappa shape index (κ1) is 8.19. The Morgan fingerprint density at radius 2 is 2.36 bits per heavy atom. The summed E-state index contributed by atoms with van der Waals surface area (Å²) in [6.07, 6.45) is 1.12. The third-order valence-corrected chi connectivity index (χ3v) is 1.83. The van der Waals surface area contributed by atoms with Crippen LogP contribution in [0.1, 0.15) is 11.3 Å². The van der Waals surface area contributed by atoms with E-state index in [9.17, 15) is 12.3 Å². The molecule has 0 aliphatic carbocycles. The van der Waals surface area contributed by atoms with Gasteiger partial charge >= 0.3 is 10.2 Å². The zero-order valence-corrected chi connectivity index (χ0v) is 6.56. The fraction of sp³-hybridized carbons (Fsp3) is 0.400. The average molecular weight is 179 g/mol. The lowest BCUT2D eigenvalue weighted by Crippen LogP contribution is -1.96. The lowest BCUT2D eigenvalue weighted by molar-refractivity contribution is 0.414. The van der Waals surface area contributed by atoms with E-state index < -0.39 is 16.0 Å². The van der Waals surface area contributed by atoms with Gasteiger partial charge in [0, 0.05) is 5.56 Å². The molecule has 1 heterocycles. The molecule has 0 saturated carbocycles. The molecule has 0 aromatic carbocycles. The van der Waals surface area contributed by atoms with Crippen LogP contribution in [0.5, 0.6) is 0 Å². The fourth-order valence-electron chi connectivity index (χ4n) is 0.637. The van der Waals surface area contributed by atoms with Gasteiger partial charge in [0.25, 0.3) is 0 Å². The Kier molecular flexibility index (Phi) is 1.95. The minimum absolute atomic E-state index is 0.257. The minimum Gasteiger partial charge on any atom is -0.364 e. The van der Waals surface area contributed by atoms with E-state index in [1.54, 1.807) is 6.92 Å². The maximum atomic E-state index is 12.0. The second-order valence-electron chi connectivity index (χ2n) is 2.11. The number of hydrogen-bond acceptors (Lipinski definition) is 4. The molecule has 1 aromatic rings. The summed E-state index contributed by atoms with van der Waals surface area (Å²) < 4.78 is 36.7. The van der Waals surface area contributed by atoms with E-state index in [1.165, 1.54) is 0 Å². The predicted molar refractivity (Wildman–Crippen MR) is 35.0 cm³/mol. The highest BCUT2D eigenvalue weighted by molar-refractivity contribution is 7.85. The van der Waals surface area contributed by atoms with Crippen molar-refractivity contribution in [3.05, 3.63) is 17.5 Å². The summed E-state index contributed by atoms with van der Waals surface area (Å²) in [7, 11) is -4.47. The molecule has 0 aliphatic heterocycles. The van der Waals surface area contributed by atoms with Crippen LogP contribution in [0.15, 0.2) is 10.8 Å². The summed E-state index contributed by atoms with van der Waals surface area (Å²) in [6, 6.07) is 0. The van der Waals surface area contributed by atoms with E-state index in [0.29, 0.717) is 5.69 Å². The summed E-state index contributed by atoms with van der Waals surface area (Å²) in [5.41, 5.74) is 0.652. The molecule has 0 aliphatic rings. The second-order valence-corrected chi connectivity index (χ2v) is 3.47. The fourth-order valence-corrected chi connectivity index (χ4v) is 1.29. The molecule has 0 fully saturated rings. The van der Waals surface area contributed by atoms with Gasteiger partial charge in [-0.3, -0.25) is 0 Å². The molecular formula is C5H6FNO3S. The van der Waals surface area contributed by atoms with Gasteiger partial charge in [0.1, 0.15) is 12.0 Å². The van der Waals surface area contributed by atoms with Gasteiger partial charge in [-0.05, 0) is 6.92 Å². The molecule has 0 amide bonds. The van der Waals surface area contributed by atoms with Crippen molar-refractivity contribution in [3.8, 4) is 0 Å². The topological polar surface area (TPSA) is 60.2 Å². The van der Waals surface area contributed by atoms with Crippen LogP contribution in [0.2, 0.25) is 0 Å². The molecule has 1 aromatic heterocycles. The van der Waals surface area contributed by atoms with E-state index in [0.717, 1.165) is 6.26 Å². The molecule has 1 rings (SSSR count). The number of hydrogen-bond donors (Lipinski definition) is 0. The van der Waals surface area contributed by atoms with Crippen LogP contribution < -0.4 is 0 Å². The van der Waals surface area contributed by atoms with Gasteiger partial charge in [-0.2, -0.15) is 8.42 Å². The molecule has 62 valence electrons. The number of nitrogens with zero attached hydrogens (tertiary/aromatic N) is 1. The summed E-state index contributed by atoms with van der Waals surface area (Å²) in [5.74, 6) is -0.664. The normalized spacial score (nSPS) is 11.8. The van der Waals surface area contributed by atoms with Crippen molar-refractivity contribution in [2.45, 2.75) is 12.7 Å². The van der Waals surface area contributed by atoms with Crippen LogP contribution in [0.25, 0.3) is 0 Å². The third-order valence-electron chi connectivity index (χ3n) is 1.18. The number of halogens is 1. The summed E-state index contributed by atoms with van der Waals surface area (Å²) in [4.78, 5) is 0. The standard InChI is InChI=1S/C5H6FNO3S/c1-4-5(2-10-7-4)3-11(6,8)9/h2H,3H2,1H3. The number of aryl methyl sites for hydroxylation is 1. The van der Waals surface area contributed by atoms with Crippen molar-refractivity contribution in [1.82, 2.24) is 5.16 Å². The molecule has 11 heavy (non-hydrogen) atoms. The second kappa shape index (κ2) is 2.61. The third kappa shape index (κ3) is 2.30. The largest absolute Gasteiger partial charge is 0.364 e. The Labute approximate surface area is 63.2 Å². The Balaban J connectivity index is 2.89. The van der Waals surface area contributed by atoms with Gasteiger partial charge in [-0.25, -0.2) is 0 Å². The monoisotopic (exact) mass is 179 g/mol. The molecule has 0 unspecified atom stereocenters. The van der Waals surface area contributed by atoms with Crippen LogP contribution >= 0.6 is 0 Å². The Morgan fingerprint density at radius 1 is 1.73 bits per heavy atom. The molecule has 0 spiro atoms. The lowest BCUT2D eigenvalue weighted by atomic mass is 10.3. The molecule has 4 nitrogen and oxygen atoms in total. The molecule has 0 bridgehead atoms. The van der Waals surface area contributed by atoms with Gasteiger partial charge in [0.2, 0.25) is 0 Å².